The lowest BCUT2D eigenvalue weighted by Gasteiger charge is -2.14. The molecular weight excluding hydrogens is 152 g/mol. The molecule has 0 spiro atoms. The predicted octanol–water partition coefficient (Wildman–Crippen LogP) is 0.0494. The van der Waals surface area contributed by atoms with Gasteiger partial charge in [0.2, 0.25) is 0 Å². The van der Waals surface area contributed by atoms with Crippen LogP contribution in [0.2, 0.25) is 0 Å². The van der Waals surface area contributed by atoms with Crippen LogP contribution in [0.1, 0.15) is 20.3 Å². The van der Waals surface area contributed by atoms with E-state index >= 15 is 0 Å². The van der Waals surface area contributed by atoms with Crippen molar-refractivity contribution < 1.29 is 5.11 Å². The highest BCUT2D eigenvalue weighted by atomic mass is 16.3. The molecule has 1 fully saturated rings. The summed E-state index contributed by atoms with van der Waals surface area (Å²) in [6.45, 7) is 5.87. The van der Waals surface area contributed by atoms with Gasteiger partial charge in [-0.1, -0.05) is 0 Å². The van der Waals surface area contributed by atoms with Crippen molar-refractivity contribution >= 4 is 0 Å². The van der Waals surface area contributed by atoms with Gasteiger partial charge in [-0.3, -0.25) is 0 Å². The molecule has 1 heterocycles. The molecule has 0 aromatic rings. The van der Waals surface area contributed by atoms with Gasteiger partial charge >= 0.3 is 0 Å². The number of aliphatic hydroxyl groups excluding tert-OH is 1. The van der Waals surface area contributed by atoms with Gasteiger partial charge in [0.1, 0.15) is 0 Å². The second kappa shape index (κ2) is 4.21. The van der Waals surface area contributed by atoms with Gasteiger partial charge in [-0.15, -0.1) is 0 Å². The summed E-state index contributed by atoms with van der Waals surface area (Å²) >= 11 is 0. The summed E-state index contributed by atoms with van der Waals surface area (Å²) in [5, 5.41) is 12.4. The van der Waals surface area contributed by atoms with E-state index in [1.807, 2.05) is 6.92 Å². The van der Waals surface area contributed by atoms with Crippen LogP contribution < -0.4 is 5.32 Å². The Labute approximate surface area is 74.8 Å². The zero-order chi connectivity index (χ0) is 9.14. The van der Waals surface area contributed by atoms with Crippen molar-refractivity contribution in [3.63, 3.8) is 0 Å². The molecule has 0 saturated carbocycles. The number of aliphatic hydroxyl groups is 1. The van der Waals surface area contributed by atoms with Crippen LogP contribution in [0.25, 0.3) is 0 Å². The first-order valence-electron chi connectivity index (χ1n) is 4.71. The van der Waals surface area contributed by atoms with E-state index in [0.717, 1.165) is 6.54 Å². The Morgan fingerprint density at radius 2 is 2.33 bits per heavy atom. The number of likely N-dealkylation sites (N-methyl/N-ethyl adjacent to an activating group) is 1. The molecule has 3 nitrogen and oxygen atoms in total. The fourth-order valence-electron chi connectivity index (χ4n) is 1.68. The summed E-state index contributed by atoms with van der Waals surface area (Å²) in [4.78, 5) is 2.35. The summed E-state index contributed by atoms with van der Waals surface area (Å²) in [6.07, 6.45) is 0.967. The third-order valence-electron chi connectivity index (χ3n) is 2.59. The van der Waals surface area contributed by atoms with E-state index in [-0.39, 0.29) is 6.10 Å². The molecule has 1 rings (SSSR count). The molecule has 3 atom stereocenters. The van der Waals surface area contributed by atoms with E-state index in [0.29, 0.717) is 18.6 Å². The zero-order valence-electron chi connectivity index (χ0n) is 8.25. The van der Waals surface area contributed by atoms with Crippen molar-refractivity contribution in [1.29, 1.82) is 0 Å². The molecule has 0 aromatic carbocycles. The lowest BCUT2D eigenvalue weighted by molar-refractivity contribution is 0.186. The molecule has 2 N–H and O–H groups in total. The van der Waals surface area contributed by atoms with Crippen LogP contribution in [0, 0.1) is 0 Å². The average molecular weight is 172 g/mol. The van der Waals surface area contributed by atoms with Gasteiger partial charge in [-0.05, 0) is 27.3 Å². The Morgan fingerprint density at radius 1 is 1.67 bits per heavy atom. The maximum atomic E-state index is 9.07. The molecule has 1 saturated heterocycles. The second-order valence-electron chi connectivity index (χ2n) is 3.98. The molecule has 3 heteroatoms. The standard InChI is InChI=1S/C9H20N2O/c1-7-4-9(6-11(7)3)10-5-8(2)12/h7-10,12H,4-6H2,1-3H3/t7?,8-,9?/m1/s1. The van der Waals surface area contributed by atoms with E-state index < -0.39 is 0 Å². The molecule has 0 aromatic heterocycles. The SMILES string of the molecule is CC1CC(NC[C@@H](C)O)CN1C. The summed E-state index contributed by atoms with van der Waals surface area (Å²) in [5.41, 5.74) is 0. The van der Waals surface area contributed by atoms with E-state index in [1.165, 1.54) is 6.42 Å². The maximum absolute atomic E-state index is 9.07. The first-order valence-corrected chi connectivity index (χ1v) is 4.71. The van der Waals surface area contributed by atoms with Gasteiger partial charge in [0.25, 0.3) is 0 Å². The molecule has 0 aliphatic carbocycles. The van der Waals surface area contributed by atoms with E-state index in [1.54, 1.807) is 0 Å². The molecule has 0 amide bonds. The van der Waals surface area contributed by atoms with Crippen molar-refractivity contribution in [3.05, 3.63) is 0 Å². The van der Waals surface area contributed by atoms with Crippen LogP contribution in [-0.2, 0) is 0 Å². The number of nitrogens with zero attached hydrogens (tertiary/aromatic N) is 1. The van der Waals surface area contributed by atoms with Crippen molar-refractivity contribution in [1.82, 2.24) is 10.2 Å². The van der Waals surface area contributed by atoms with Gasteiger partial charge in [-0.25, -0.2) is 0 Å². The van der Waals surface area contributed by atoms with Gasteiger partial charge in [0.15, 0.2) is 0 Å². The third kappa shape index (κ3) is 2.73. The largest absolute Gasteiger partial charge is 0.392 e. The maximum Gasteiger partial charge on any atom is 0.0636 e. The molecule has 72 valence electrons. The number of likely N-dealkylation sites (tertiary alicyclic amines) is 1. The quantitative estimate of drug-likeness (QED) is 0.631. The zero-order valence-corrected chi connectivity index (χ0v) is 8.25. The lowest BCUT2D eigenvalue weighted by atomic mass is 10.2. The van der Waals surface area contributed by atoms with Crippen molar-refractivity contribution in [3.8, 4) is 0 Å². The van der Waals surface area contributed by atoms with Crippen LogP contribution in [0.4, 0.5) is 0 Å². The lowest BCUT2D eigenvalue weighted by Crippen LogP contribution is -2.36. The Kier molecular flexibility index (Phi) is 3.50. The molecule has 12 heavy (non-hydrogen) atoms. The van der Waals surface area contributed by atoms with E-state index in [4.69, 9.17) is 5.11 Å². The summed E-state index contributed by atoms with van der Waals surface area (Å²) < 4.78 is 0. The first kappa shape index (κ1) is 9.96. The van der Waals surface area contributed by atoms with Crippen LogP contribution in [0.15, 0.2) is 0 Å². The summed E-state index contributed by atoms with van der Waals surface area (Å²) in [7, 11) is 2.15. The first-order chi connectivity index (χ1) is 5.59. The predicted molar refractivity (Wildman–Crippen MR) is 50.2 cm³/mol. The number of rotatable bonds is 3. The van der Waals surface area contributed by atoms with Crippen molar-refractivity contribution in [2.24, 2.45) is 0 Å². The highest BCUT2D eigenvalue weighted by molar-refractivity contribution is 4.85. The van der Waals surface area contributed by atoms with Gasteiger partial charge in [-0.2, -0.15) is 0 Å². The smallest absolute Gasteiger partial charge is 0.0636 e. The minimum Gasteiger partial charge on any atom is -0.392 e. The van der Waals surface area contributed by atoms with Crippen LogP contribution in [0.3, 0.4) is 0 Å². The monoisotopic (exact) mass is 172 g/mol. The molecule has 0 bridgehead atoms. The van der Waals surface area contributed by atoms with Crippen LogP contribution in [-0.4, -0.2) is 48.3 Å². The molecule has 1 aliphatic rings. The minimum atomic E-state index is -0.230. The number of nitrogens with one attached hydrogen (secondary N) is 1. The van der Waals surface area contributed by atoms with Crippen molar-refractivity contribution in [2.75, 3.05) is 20.1 Å². The highest BCUT2D eigenvalue weighted by Crippen LogP contribution is 2.14. The Balaban J connectivity index is 2.19. The topological polar surface area (TPSA) is 35.5 Å². The Bertz CT molecular complexity index is 128. The van der Waals surface area contributed by atoms with Gasteiger partial charge in [0, 0.05) is 25.2 Å². The third-order valence-corrected chi connectivity index (χ3v) is 2.59. The van der Waals surface area contributed by atoms with Crippen molar-refractivity contribution in [2.45, 2.75) is 38.5 Å². The molecule has 2 unspecified atom stereocenters. The summed E-state index contributed by atoms with van der Waals surface area (Å²) in [6, 6.07) is 1.25. The van der Waals surface area contributed by atoms with Crippen LogP contribution in [0.5, 0.6) is 0 Å². The molecule has 1 aliphatic heterocycles. The van der Waals surface area contributed by atoms with Crippen LogP contribution >= 0.6 is 0 Å². The number of hydrogen-bond acceptors (Lipinski definition) is 3. The highest BCUT2D eigenvalue weighted by Gasteiger charge is 2.25. The Hall–Kier alpha value is -0.120. The second-order valence-corrected chi connectivity index (χ2v) is 3.98. The molecule has 0 radical (unpaired) electrons. The normalized spacial score (nSPS) is 34.0. The Morgan fingerprint density at radius 3 is 2.75 bits per heavy atom. The summed E-state index contributed by atoms with van der Waals surface area (Å²) in [5.74, 6) is 0. The fraction of sp³-hybridized carbons (Fsp3) is 1.00. The van der Waals surface area contributed by atoms with Gasteiger partial charge < -0.3 is 15.3 Å². The fourth-order valence-corrected chi connectivity index (χ4v) is 1.68. The molecular formula is C9H20N2O. The van der Waals surface area contributed by atoms with E-state index in [9.17, 15) is 0 Å². The van der Waals surface area contributed by atoms with Gasteiger partial charge in [0.05, 0.1) is 6.10 Å². The average Bonchev–Trinajstić information content (AvgIpc) is 2.28. The van der Waals surface area contributed by atoms with E-state index in [2.05, 4.69) is 24.2 Å². The number of hydrogen-bond donors (Lipinski definition) is 2. The minimum absolute atomic E-state index is 0.230.